The molecule has 0 heterocycles. The first-order chi connectivity index (χ1) is 16.0. The van der Waals surface area contributed by atoms with Crippen molar-refractivity contribution in [2.24, 2.45) is 11.8 Å². The van der Waals surface area contributed by atoms with Crippen LogP contribution in [-0.4, -0.2) is 24.3 Å². The number of rotatable bonds is 21. The van der Waals surface area contributed by atoms with Crippen LogP contribution in [-0.2, 0) is 0 Å². The number of hydrogen-bond acceptors (Lipinski definition) is 3. The van der Waals surface area contributed by atoms with Crippen molar-refractivity contribution < 1.29 is 19.4 Å². The summed E-state index contributed by atoms with van der Waals surface area (Å²) in [6.07, 6.45) is 17.0. The van der Waals surface area contributed by atoms with Crippen molar-refractivity contribution in [2.45, 2.75) is 118 Å². The van der Waals surface area contributed by atoms with Crippen LogP contribution in [0.4, 0.5) is 0 Å². The largest absolute Gasteiger partial charge is 0.493 e. The van der Waals surface area contributed by atoms with E-state index in [4.69, 9.17) is 9.47 Å². The fraction of sp³-hybridized carbons (Fsp3) is 0.759. The first-order valence-electron chi connectivity index (χ1n) is 13.7. The molecule has 1 rings (SSSR count). The van der Waals surface area contributed by atoms with Gasteiger partial charge < -0.3 is 14.6 Å². The Bertz CT molecular complexity index is 568. The molecule has 0 aliphatic carbocycles. The molecule has 0 saturated carbocycles. The zero-order chi connectivity index (χ0) is 24.3. The molecule has 0 aromatic heterocycles. The lowest BCUT2D eigenvalue weighted by atomic mass is 9.93. The van der Waals surface area contributed by atoms with E-state index in [2.05, 4.69) is 27.7 Å². The molecule has 0 atom stereocenters. The summed E-state index contributed by atoms with van der Waals surface area (Å²) in [5.41, 5.74) is 0.226. The number of ether oxygens (including phenoxy) is 2. The molecule has 0 saturated heterocycles. The molecule has 4 nitrogen and oxygen atoms in total. The van der Waals surface area contributed by atoms with Crippen LogP contribution in [0.2, 0.25) is 0 Å². The van der Waals surface area contributed by atoms with E-state index in [0.29, 0.717) is 36.5 Å². The molecule has 0 bridgehead atoms. The zero-order valence-corrected chi connectivity index (χ0v) is 21.9. The van der Waals surface area contributed by atoms with Gasteiger partial charge in [0.2, 0.25) is 0 Å². The Hall–Kier alpha value is -1.71. The Morgan fingerprint density at radius 3 is 1.33 bits per heavy atom. The Morgan fingerprint density at radius 1 is 0.667 bits per heavy atom. The highest BCUT2D eigenvalue weighted by Crippen LogP contribution is 2.26. The molecule has 190 valence electrons. The van der Waals surface area contributed by atoms with Crippen LogP contribution in [0.3, 0.4) is 0 Å². The van der Waals surface area contributed by atoms with Gasteiger partial charge in [-0.1, -0.05) is 105 Å². The van der Waals surface area contributed by atoms with Crippen LogP contribution in [0, 0.1) is 11.8 Å². The molecule has 0 unspecified atom stereocenters. The lowest BCUT2D eigenvalue weighted by Crippen LogP contribution is -2.10. The molecule has 0 aliphatic rings. The topological polar surface area (TPSA) is 55.8 Å². The van der Waals surface area contributed by atoms with Crippen LogP contribution in [0.15, 0.2) is 18.2 Å². The molecule has 0 spiro atoms. The maximum atomic E-state index is 11.6. The normalized spacial score (nSPS) is 11.3. The average molecular weight is 463 g/mol. The minimum atomic E-state index is -0.946. The number of carbonyl (C=O) groups is 1. The number of carboxylic acid groups (broad SMARTS) is 1. The third kappa shape index (κ3) is 13.6. The molecule has 1 aromatic rings. The van der Waals surface area contributed by atoms with Gasteiger partial charge in [-0.05, 0) is 36.8 Å². The molecule has 0 amide bonds. The third-order valence-electron chi connectivity index (χ3n) is 6.58. The van der Waals surface area contributed by atoms with E-state index in [1.807, 2.05) is 6.07 Å². The van der Waals surface area contributed by atoms with Gasteiger partial charge in [0.05, 0.1) is 18.8 Å². The van der Waals surface area contributed by atoms with Gasteiger partial charge in [-0.3, -0.25) is 0 Å². The molecule has 1 N–H and O–H groups in total. The fourth-order valence-electron chi connectivity index (χ4n) is 4.39. The molecule has 0 radical (unpaired) electrons. The van der Waals surface area contributed by atoms with Crippen LogP contribution in [0.25, 0.3) is 0 Å². The van der Waals surface area contributed by atoms with Gasteiger partial charge in [-0.15, -0.1) is 0 Å². The minimum absolute atomic E-state index is 0.226. The van der Waals surface area contributed by atoms with E-state index in [-0.39, 0.29) is 5.56 Å². The van der Waals surface area contributed by atoms with Crippen LogP contribution in [0.1, 0.15) is 128 Å². The lowest BCUT2D eigenvalue weighted by Gasteiger charge is -2.18. The van der Waals surface area contributed by atoms with Gasteiger partial charge in [0, 0.05) is 6.07 Å². The molecule has 33 heavy (non-hydrogen) atoms. The third-order valence-corrected chi connectivity index (χ3v) is 6.58. The Balaban J connectivity index is 2.67. The van der Waals surface area contributed by atoms with E-state index < -0.39 is 5.97 Å². The highest BCUT2D eigenvalue weighted by atomic mass is 16.5. The predicted molar refractivity (Wildman–Crippen MR) is 139 cm³/mol. The lowest BCUT2D eigenvalue weighted by molar-refractivity contribution is 0.0695. The van der Waals surface area contributed by atoms with Crippen LogP contribution < -0.4 is 9.47 Å². The van der Waals surface area contributed by atoms with Crippen LogP contribution >= 0.6 is 0 Å². The summed E-state index contributed by atoms with van der Waals surface area (Å²) in [4.78, 5) is 11.6. The number of benzene rings is 1. The Labute approximate surface area is 203 Å². The van der Waals surface area contributed by atoms with E-state index in [0.717, 1.165) is 12.8 Å². The SMILES string of the molecule is CCCCC(CCCC)CCOc1cc(OCCC(CCCC)CCCC)cc(C(=O)O)c1. The number of unbranched alkanes of at least 4 members (excludes halogenated alkanes) is 4. The second kappa shape index (κ2) is 18.7. The molecule has 0 aliphatic heterocycles. The predicted octanol–water partition coefficient (Wildman–Crippen LogP) is 8.92. The maximum Gasteiger partial charge on any atom is 0.335 e. The first kappa shape index (κ1) is 29.3. The monoisotopic (exact) mass is 462 g/mol. The first-order valence-corrected chi connectivity index (χ1v) is 13.7. The summed E-state index contributed by atoms with van der Waals surface area (Å²) in [6.45, 7) is 10.2. The van der Waals surface area contributed by atoms with E-state index >= 15 is 0 Å². The highest BCUT2D eigenvalue weighted by Gasteiger charge is 2.13. The molecular weight excluding hydrogens is 412 g/mol. The van der Waals surface area contributed by atoms with Crippen molar-refractivity contribution >= 4 is 5.97 Å². The van der Waals surface area contributed by atoms with Gasteiger partial charge in [0.15, 0.2) is 0 Å². The van der Waals surface area contributed by atoms with Crippen LogP contribution in [0.5, 0.6) is 11.5 Å². The van der Waals surface area contributed by atoms with Gasteiger partial charge in [-0.2, -0.15) is 0 Å². The smallest absolute Gasteiger partial charge is 0.335 e. The standard InChI is InChI=1S/C29H50O4/c1-5-9-13-24(14-10-6-2)17-19-32-27-21-26(29(30)31)22-28(23-27)33-20-18-25(15-11-7-3)16-12-8-4/h21-25H,5-20H2,1-4H3,(H,30,31). The molecular formula is C29H50O4. The van der Waals surface area contributed by atoms with Gasteiger partial charge in [0.1, 0.15) is 11.5 Å². The van der Waals surface area contributed by atoms with Gasteiger partial charge >= 0.3 is 5.97 Å². The van der Waals surface area contributed by atoms with Gasteiger partial charge in [0.25, 0.3) is 0 Å². The number of hydrogen-bond donors (Lipinski definition) is 1. The van der Waals surface area contributed by atoms with E-state index in [9.17, 15) is 9.90 Å². The Morgan fingerprint density at radius 2 is 1.03 bits per heavy atom. The summed E-state index contributed by atoms with van der Waals surface area (Å²) in [6, 6.07) is 5.09. The fourth-order valence-corrected chi connectivity index (χ4v) is 4.39. The van der Waals surface area contributed by atoms with Crippen molar-refractivity contribution in [1.82, 2.24) is 0 Å². The summed E-state index contributed by atoms with van der Waals surface area (Å²) >= 11 is 0. The average Bonchev–Trinajstić information content (AvgIpc) is 2.81. The summed E-state index contributed by atoms with van der Waals surface area (Å²) in [5.74, 6) is 1.63. The van der Waals surface area contributed by atoms with Crippen molar-refractivity contribution in [3.63, 3.8) is 0 Å². The van der Waals surface area contributed by atoms with Gasteiger partial charge in [-0.25, -0.2) is 4.79 Å². The molecule has 4 heteroatoms. The quantitative estimate of drug-likeness (QED) is 0.198. The highest BCUT2D eigenvalue weighted by molar-refractivity contribution is 5.88. The second-order valence-electron chi connectivity index (χ2n) is 9.57. The van der Waals surface area contributed by atoms with E-state index in [1.165, 1.54) is 77.0 Å². The maximum absolute atomic E-state index is 11.6. The zero-order valence-electron chi connectivity index (χ0n) is 21.9. The van der Waals surface area contributed by atoms with Crippen molar-refractivity contribution in [1.29, 1.82) is 0 Å². The molecule has 0 fully saturated rings. The van der Waals surface area contributed by atoms with Crippen molar-refractivity contribution in [3.05, 3.63) is 23.8 Å². The van der Waals surface area contributed by atoms with Crippen molar-refractivity contribution in [2.75, 3.05) is 13.2 Å². The second-order valence-corrected chi connectivity index (χ2v) is 9.57. The molecule has 1 aromatic carbocycles. The summed E-state index contributed by atoms with van der Waals surface area (Å²) in [7, 11) is 0. The Kier molecular flexibility index (Phi) is 16.6. The van der Waals surface area contributed by atoms with Crippen molar-refractivity contribution in [3.8, 4) is 11.5 Å². The summed E-state index contributed by atoms with van der Waals surface area (Å²) in [5, 5.41) is 9.54. The number of carboxylic acids is 1. The number of aromatic carboxylic acids is 1. The minimum Gasteiger partial charge on any atom is -0.493 e. The summed E-state index contributed by atoms with van der Waals surface area (Å²) < 4.78 is 12.0. The van der Waals surface area contributed by atoms with E-state index in [1.54, 1.807) is 12.1 Å².